The van der Waals surface area contributed by atoms with Crippen LogP contribution in [0.3, 0.4) is 0 Å². The maximum atomic E-state index is 12.1. The Labute approximate surface area is 142 Å². The van der Waals surface area contributed by atoms with Crippen LogP contribution >= 0.6 is 0 Å². The van der Waals surface area contributed by atoms with Gasteiger partial charge in [-0.15, -0.1) is 0 Å². The summed E-state index contributed by atoms with van der Waals surface area (Å²) >= 11 is 0. The molecule has 3 unspecified atom stereocenters. The third kappa shape index (κ3) is 3.21. The van der Waals surface area contributed by atoms with Crippen molar-refractivity contribution >= 4 is 5.97 Å². The van der Waals surface area contributed by atoms with E-state index in [1.54, 1.807) is 12.1 Å². The molecule has 4 atom stereocenters. The first-order valence-electron chi connectivity index (χ1n) is 7.75. The highest BCUT2D eigenvalue weighted by atomic mass is 79.9. The molecule has 2 bridgehead atoms. The first-order valence-corrected chi connectivity index (χ1v) is 7.75. The fourth-order valence-electron chi connectivity index (χ4n) is 3.93. The quantitative estimate of drug-likeness (QED) is 0.551. The van der Waals surface area contributed by atoms with Gasteiger partial charge in [-0.2, -0.15) is 0 Å². The van der Waals surface area contributed by atoms with Crippen molar-refractivity contribution in [3.8, 4) is 0 Å². The second-order valence-electron chi connectivity index (χ2n) is 6.86. The van der Waals surface area contributed by atoms with Crippen molar-refractivity contribution in [1.29, 1.82) is 0 Å². The predicted octanol–water partition coefficient (Wildman–Crippen LogP) is -0.963. The minimum absolute atomic E-state index is 0. The number of fused-ring (bicyclic) bond motifs is 2. The number of rotatable bonds is 3. The van der Waals surface area contributed by atoms with Gasteiger partial charge >= 0.3 is 5.97 Å². The van der Waals surface area contributed by atoms with Crippen molar-refractivity contribution in [3.05, 3.63) is 35.9 Å². The Balaban J connectivity index is 0.00000176. The Morgan fingerprint density at radius 1 is 1.18 bits per heavy atom. The van der Waals surface area contributed by atoms with Crippen LogP contribution in [0.2, 0.25) is 0 Å². The van der Waals surface area contributed by atoms with E-state index in [1.807, 2.05) is 18.2 Å². The number of aliphatic hydroxyl groups excluding tert-OH is 1. The number of esters is 1. The van der Waals surface area contributed by atoms with Gasteiger partial charge in [-0.1, -0.05) is 30.3 Å². The van der Waals surface area contributed by atoms with E-state index >= 15 is 0 Å². The second kappa shape index (κ2) is 6.69. The number of hydrogen-bond acceptors (Lipinski definition) is 3. The smallest absolute Gasteiger partial charge is 0.339 e. The predicted molar refractivity (Wildman–Crippen MR) is 79.4 cm³/mol. The summed E-state index contributed by atoms with van der Waals surface area (Å²) in [6, 6.07) is 10.1. The zero-order valence-corrected chi connectivity index (χ0v) is 14.7. The first-order chi connectivity index (χ1) is 9.98. The van der Waals surface area contributed by atoms with Crippen molar-refractivity contribution in [2.24, 2.45) is 0 Å². The molecule has 22 heavy (non-hydrogen) atoms. The molecule has 1 aromatic carbocycles. The van der Waals surface area contributed by atoms with Gasteiger partial charge in [-0.25, -0.2) is 4.79 Å². The Hall–Kier alpha value is -0.910. The van der Waals surface area contributed by atoms with Gasteiger partial charge in [0.1, 0.15) is 6.10 Å². The highest BCUT2D eigenvalue weighted by molar-refractivity contribution is 5.76. The monoisotopic (exact) mass is 369 g/mol. The molecule has 4 nitrogen and oxygen atoms in total. The van der Waals surface area contributed by atoms with Crippen molar-refractivity contribution in [3.63, 3.8) is 0 Å². The summed E-state index contributed by atoms with van der Waals surface area (Å²) in [5.41, 5.74) is 0.595. The van der Waals surface area contributed by atoms with Gasteiger partial charge < -0.3 is 31.3 Å². The zero-order valence-electron chi connectivity index (χ0n) is 13.1. The van der Waals surface area contributed by atoms with E-state index in [2.05, 4.69) is 14.1 Å². The highest BCUT2D eigenvalue weighted by Gasteiger charge is 2.50. The molecule has 3 rings (SSSR count). The lowest BCUT2D eigenvalue weighted by Crippen LogP contribution is -3.00. The van der Waals surface area contributed by atoms with Crippen LogP contribution < -0.4 is 17.0 Å². The van der Waals surface area contributed by atoms with E-state index in [9.17, 15) is 9.90 Å². The number of nitrogens with zero attached hydrogens (tertiary/aromatic N) is 1. The topological polar surface area (TPSA) is 46.5 Å². The minimum Gasteiger partial charge on any atom is -1.00 e. The number of quaternary nitrogens is 1. The zero-order chi connectivity index (χ0) is 15.0. The first kappa shape index (κ1) is 17.4. The van der Waals surface area contributed by atoms with E-state index in [1.165, 1.54) is 12.8 Å². The molecular formula is C17H24BrNO3. The van der Waals surface area contributed by atoms with E-state index in [0.717, 1.165) is 17.3 Å². The lowest BCUT2D eigenvalue weighted by atomic mass is 9.97. The fourth-order valence-corrected chi connectivity index (χ4v) is 3.93. The lowest BCUT2D eigenvalue weighted by Gasteiger charge is -2.43. The van der Waals surface area contributed by atoms with Gasteiger partial charge in [-0.3, -0.25) is 0 Å². The van der Waals surface area contributed by atoms with Crippen LogP contribution in [0.1, 0.15) is 37.4 Å². The van der Waals surface area contributed by atoms with Crippen LogP contribution in [0.4, 0.5) is 0 Å². The van der Waals surface area contributed by atoms with Crippen molar-refractivity contribution in [2.45, 2.75) is 50.0 Å². The minimum atomic E-state index is -1.17. The summed E-state index contributed by atoms with van der Waals surface area (Å²) in [6.45, 7) is 0. The van der Waals surface area contributed by atoms with Crippen LogP contribution in [0.15, 0.2) is 30.3 Å². The van der Waals surface area contributed by atoms with Gasteiger partial charge in [0.2, 0.25) is 0 Å². The van der Waals surface area contributed by atoms with Gasteiger partial charge in [-0.05, 0) is 5.56 Å². The molecule has 1 aromatic rings. The molecule has 0 spiro atoms. The second-order valence-corrected chi connectivity index (χ2v) is 6.86. The number of aliphatic hydroxyl groups is 1. The normalized spacial score (nSPS) is 30.2. The molecule has 2 aliphatic rings. The molecule has 5 heteroatoms. The van der Waals surface area contributed by atoms with Crippen LogP contribution in [0, 0.1) is 0 Å². The highest BCUT2D eigenvalue weighted by Crippen LogP contribution is 2.40. The van der Waals surface area contributed by atoms with Gasteiger partial charge in [0.25, 0.3) is 0 Å². The van der Waals surface area contributed by atoms with Crippen molar-refractivity contribution in [1.82, 2.24) is 0 Å². The van der Waals surface area contributed by atoms with Crippen LogP contribution in [-0.4, -0.2) is 47.8 Å². The number of carbonyl (C=O) groups is 1. The van der Waals surface area contributed by atoms with Crippen LogP contribution in [-0.2, 0) is 9.53 Å². The molecule has 2 heterocycles. The summed E-state index contributed by atoms with van der Waals surface area (Å²) < 4.78 is 6.63. The Morgan fingerprint density at radius 3 is 2.27 bits per heavy atom. The lowest BCUT2D eigenvalue weighted by molar-refractivity contribution is -0.931. The Kier molecular flexibility index (Phi) is 5.30. The molecule has 2 saturated heterocycles. The largest absolute Gasteiger partial charge is 1.00 e. The molecule has 0 aromatic heterocycles. The molecule has 122 valence electrons. The fraction of sp³-hybridized carbons (Fsp3) is 0.588. The molecule has 1 N–H and O–H groups in total. The Morgan fingerprint density at radius 2 is 1.73 bits per heavy atom. The number of hydrogen-bond donors (Lipinski definition) is 1. The number of benzene rings is 1. The Bertz CT molecular complexity index is 504. The average Bonchev–Trinajstić information content (AvgIpc) is 2.67. The molecular weight excluding hydrogens is 346 g/mol. The van der Waals surface area contributed by atoms with E-state index in [-0.39, 0.29) is 23.1 Å². The summed E-state index contributed by atoms with van der Waals surface area (Å²) in [6.07, 6.45) is 3.04. The third-order valence-corrected chi connectivity index (χ3v) is 5.41. The SMILES string of the molecule is C[N+]1(C)C2CC[C@H]1CC(OC(=O)C(O)c1ccccc1)C2.[Br-]. The molecule has 2 aliphatic heterocycles. The maximum absolute atomic E-state index is 12.1. The van der Waals surface area contributed by atoms with E-state index in [0.29, 0.717) is 17.6 Å². The van der Waals surface area contributed by atoms with Gasteiger partial charge in [0.15, 0.2) is 6.10 Å². The molecule has 0 amide bonds. The maximum Gasteiger partial charge on any atom is 0.339 e. The molecule has 2 fully saturated rings. The standard InChI is InChI=1S/C17H24NO3.BrH/c1-18(2)13-8-9-14(18)11-15(10-13)21-17(20)16(19)12-6-4-3-5-7-12;/h3-7,13-16,19H,8-11H2,1-2H3;1H/q+1;/p-1/t13-,14?,15?,16?;/m0./s1. The summed E-state index contributed by atoms with van der Waals surface area (Å²) in [7, 11) is 4.55. The molecule has 0 aliphatic carbocycles. The summed E-state index contributed by atoms with van der Waals surface area (Å²) in [5.74, 6) is -0.516. The van der Waals surface area contributed by atoms with Crippen molar-refractivity contribution < 1.29 is 36.1 Å². The summed E-state index contributed by atoms with van der Waals surface area (Å²) in [5, 5.41) is 10.1. The van der Waals surface area contributed by atoms with Gasteiger partial charge in [0.05, 0.1) is 26.2 Å². The third-order valence-electron chi connectivity index (χ3n) is 5.41. The molecule has 0 radical (unpaired) electrons. The number of ether oxygens (including phenoxy) is 1. The van der Waals surface area contributed by atoms with Gasteiger partial charge in [0, 0.05) is 25.7 Å². The molecule has 0 saturated carbocycles. The number of carbonyl (C=O) groups excluding carboxylic acids is 1. The van der Waals surface area contributed by atoms with Crippen LogP contribution in [0.25, 0.3) is 0 Å². The van der Waals surface area contributed by atoms with Crippen LogP contribution in [0.5, 0.6) is 0 Å². The summed E-state index contributed by atoms with van der Waals surface area (Å²) in [4.78, 5) is 12.1. The van der Waals surface area contributed by atoms with Crippen molar-refractivity contribution in [2.75, 3.05) is 14.1 Å². The number of halogens is 1. The average molecular weight is 370 g/mol. The number of piperidine rings is 1. The van der Waals surface area contributed by atoms with E-state index < -0.39 is 12.1 Å². The van der Waals surface area contributed by atoms with E-state index in [4.69, 9.17) is 4.74 Å².